The molecule has 4 nitrogen and oxygen atoms in total. The fraction of sp³-hybridized carbons (Fsp3) is 0.929. The first-order valence-electron chi connectivity index (χ1n) is 6.82. The van der Waals surface area contributed by atoms with E-state index in [-0.39, 0.29) is 17.2 Å². The number of ether oxygens (including phenoxy) is 1. The number of hydrogen-bond donors (Lipinski definition) is 2. The van der Waals surface area contributed by atoms with Gasteiger partial charge in [-0.3, -0.25) is 0 Å². The van der Waals surface area contributed by atoms with E-state index in [1.54, 1.807) is 0 Å². The highest BCUT2D eigenvalue weighted by molar-refractivity contribution is 5.69. The minimum atomic E-state index is -0.451. The largest absolute Gasteiger partial charge is 0.444 e. The molecule has 0 atom stereocenters. The van der Waals surface area contributed by atoms with Gasteiger partial charge in [-0.15, -0.1) is 0 Å². The van der Waals surface area contributed by atoms with Gasteiger partial charge >= 0.3 is 6.09 Å². The van der Waals surface area contributed by atoms with Crippen molar-refractivity contribution < 1.29 is 9.53 Å². The van der Waals surface area contributed by atoms with Gasteiger partial charge < -0.3 is 15.4 Å². The van der Waals surface area contributed by atoms with Gasteiger partial charge in [0.2, 0.25) is 0 Å². The predicted molar refractivity (Wildman–Crippen MR) is 73.7 cm³/mol. The molecule has 1 rings (SSSR count). The molecule has 1 aliphatic carbocycles. The van der Waals surface area contributed by atoms with Crippen molar-refractivity contribution in [1.82, 2.24) is 10.6 Å². The van der Waals surface area contributed by atoms with Crippen LogP contribution in [0.5, 0.6) is 0 Å². The first kappa shape index (κ1) is 15.3. The number of amides is 1. The number of hydrogen-bond acceptors (Lipinski definition) is 3. The third-order valence-corrected chi connectivity index (χ3v) is 4.02. The van der Waals surface area contributed by atoms with E-state index < -0.39 is 5.60 Å². The lowest BCUT2D eigenvalue weighted by molar-refractivity contribution is 0.0381. The molecule has 0 bridgehead atoms. The standard InChI is InChI=1S/C14H28N2O2/c1-12(2,3)18-11(17)16-14(9-7-8-10-14)13(4,5)15-6/h15H,7-10H2,1-6H3,(H,16,17). The molecule has 0 unspecified atom stereocenters. The molecule has 0 aromatic rings. The van der Waals surface area contributed by atoms with E-state index in [9.17, 15) is 4.79 Å². The SMILES string of the molecule is CNC(C)(C)C1(NC(=O)OC(C)(C)C)CCCC1. The van der Waals surface area contributed by atoms with Crippen molar-refractivity contribution >= 4 is 6.09 Å². The molecule has 0 heterocycles. The molecule has 0 aromatic carbocycles. The Morgan fingerprint density at radius 1 is 1.11 bits per heavy atom. The van der Waals surface area contributed by atoms with Crippen LogP contribution in [0.3, 0.4) is 0 Å². The fourth-order valence-corrected chi connectivity index (χ4v) is 2.62. The Hall–Kier alpha value is -0.770. The average Bonchev–Trinajstić information content (AvgIpc) is 2.64. The maximum atomic E-state index is 12.0. The highest BCUT2D eigenvalue weighted by Crippen LogP contribution is 2.38. The van der Waals surface area contributed by atoms with Crippen LogP contribution in [0.4, 0.5) is 4.79 Å². The molecule has 1 fully saturated rings. The summed E-state index contributed by atoms with van der Waals surface area (Å²) in [5, 5.41) is 6.44. The minimum Gasteiger partial charge on any atom is -0.444 e. The molecule has 0 spiro atoms. The summed E-state index contributed by atoms with van der Waals surface area (Å²) in [6, 6.07) is 0. The summed E-state index contributed by atoms with van der Waals surface area (Å²) >= 11 is 0. The summed E-state index contributed by atoms with van der Waals surface area (Å²) in [5.74, 6) is 0. The van der Waals surface area contributed by atoms with Gasteiger partial charge in [0.25, 0.3) is 0 Å². The van der Waals surface area contributed by atoms with E-state index in [0.29, 0.717) is 0 Å². The topological polar surface area (TPSA) is 50.4 Å². The number of carbonyl (C=O) groups is 1. The second kappa shape index (κ2) is 5.08. The van der Waals surface area contributed by atoms with Crippen molar-refractivity contribution in [2.75, 3.05) is 7.05 Å². The maximum absolute atomic E-state index is 12.0. The number of likely N-dealkylation sites (N-methyl/N-ethyl adjacent to an activating group) is 1. The van der Waals surface area contributed by atoms with E-state index in [1.165, 1.54) is 0 Å². The molecule has 106 valence electrons. The van der Waals surface area contributed by atoms with Gasteiger partial charge in [0.05, 0.1) is 5.54 Å². The molecular weight excluding hydrogens is 228 g/mol. The van der Waals surface area contributed by atoms with Crippen LogP contribution in [0.1, 0.15) is 60.3 Å². The van der Waals surface area contributed by atoms with Crippen LogP contribution in [-0.4, -0.2) is 29.8 Å². The maximum Gasteiger partial charge on any atom is 0.408 e. The van der Waals surface area contributed by atoms with Crippen molar-refractivity contribution in [3.05, 3.63) is 0 Å². The third kappa shape index (κ3) is 3.37. The highest BCUT2D eigenvalue weighted by Gasteiger charge is 2.47. The van der Waals surface area contributed by atoms with Crippen LogP contribution in [0.25, 0.3) is 0 Å². The van der Waals surface area contributed by atoms with E-state index in [0.717, 1.165) is 25.7 Å². The molecule has 0 saturated heterocycles. The number of alkyl carbamates (subject to hydrolysis) is 1. The lowest BCUT2D eigenvalue weighted by atomic mass is 9.78. The van der Waals surface area contributed by atoms with Crippen molar-refractivity contribution in [1.29, 1.82) is 0 Å². The number of rotatable bonds is 3. The monoisotopic (exact) mass is 256 g/mol. The Morgan fingerprint density at radius 2 is 1.61 bits per heavy atom. The second-order valence-corrected chi connectivity index (χ2v) is 6.79. The molecule has 0 aliphatic heterocycles. The molecule has 1 amide bonds. The van der Waals surface area contributed by atoms with Crippen LogP contribution < -0.4 is 10.6 Å². The summed E-state index contributed by atoms with van der Waals surface area (Å²) < 4.78 is 5.39. The van der Waals surface area contributed by atoms with Gasteiger partial charge in [-0.2, -0.15) is 0 Å². The first-order valence-corrected chi connectivity index (χ1v) is 6.82. The van der Waals surface area contributed by atoms with E-state index >= 15 is 0 Å². The first-order chi connectivity index (χ1) is 8.12. The molecule has 1 saturated carbocycles. The van der Waals surface area contributed by atoms with Gasteiger partial charge in [0.15, 0.2) is 0 Å². The molecule has 0 aromatic heterocycles. The Kier molecular flexibility index (Phi) is 4.31. The summed E-state index contributed by atoms with van der Waals surface area (Å²) in [5.41, 5.74) is -0.794. The summed E-state index contributed by atoms with van der Waals surface area (Å²) in [6.45, 7) is 9.93. The van der Waals surface area contributed by atoms with Crippen molar-refractivity contribution in [3.63, 3.8) is 0 Å². The third-order valence-electron chi connectivity index (χ3n) is 4.02. The summed E-state index contributed by atoms with van der Waals surface area (Å²) in [4.78, 5) is 12.0. The second-order valence-electron chi connectivity index (χ2n) is 6.79. The molecule has 0 radical (unpaired) electrons. The van der Waals surface area contributed by atoms with Gasteiger partial charge in [0, 0.05) is 5.54 Å². The predicted octanol–water partition coefficient (Wildman–Crippen LogP) is 2.82. The fourth-order valence-electron chi connectivity index (χ4n) is 2.62. The Balaban J connectivity index is 2.79. The zero-order valence-corrected chi connectivity index (χ0v) is 12.6. The Morgan fingerprint density at radius 3 is 2.00 bits per heavy atom. The average molecular weight is 256 g/mol. The minimum absolute atomic E-state index is 0.138. The normalized spacial score (nSPS) is 19.7. The highest BCUT2D eigenvalue weighted by atomic mass is 16.6. The van der Waals surface area contributed by atoms with Crippen molar-refractivity contribution in [2.24, 2.45) is 0 Å². The molecule has 4 heteroatoms. The molecule has 18 heavy (non-hydrogen) atoms. The van der Waals surface area contributed by atoms with Gasteiger partial charge in [-0.1, -0.05) is 12.8 Å². The van der Waals surface area contributed by atoms with E-state index in [2.05, 4.69) is 24.5 Å². The van der Waals surface area contributed by atoms with Crippen molar-refractivity contribution in [2.45, 2.75) is 77.0 Å². The summed E-state index contributed by atoms with van der Waals surface area (Å²) in [6.07, 6.45) is 4.00. The van der Waals surface area contributed by atoms with Crippen LogP contribution in [0, 0.1) is 0 Å². The van der Waals surface area contributed by atoms with E-state index in [4.69, 9.17) is 4.74 Å². The molecule has 1 aliphatic rings. The van der Waals surface area contributed by atoms with Gasteiger partial charge in [0.1, 0.15) is 5.60 Å². The smallest absolute Gasteiger partial charge is 0.408 e. The van der Waals surface area contributed by atoms with Crippen LogP contribution in [0.2, 0.25) is 0 Å². The van der Waals surface area contributed by atoms with Crippen LogP contribution in [0.15, 0.2) is 0 Å². The lowest BCUT2D eigenvalue weighted by Gasteiger charge is -2.45. The Labute approximate surface area is 111 Å². The zero-order valence-electron chi connectivity index (χ0n) is 12.6. The number of nitrogens with one attached hydrogen (secondary N) is 2. The Bertz CT molecular complexity index is 299. The van der Waals surface area contributed by atoms with Gasteiger partial charge in [-0.25, -0.2) is 4.79 Å². The van der Waals surface area contributed by atoms with Gasteiger partial charge in [-0.05, 0) is 54.5 Å². The number of carbonyl (C=O) groups excluding carboxylic acids is 1. The molecular formula is C14H28N2O2. The summed E-state index contributed by atoms with van der Waals surface area (Å²) in [7, 11) is 1.94. The lowest BCUT2D eigenvalue weighted by Crippen LogP contribution is -2.65. The van der Waals surface area contributed by atoms with E-state index in [1.807, 2.05) is 27.8 Å². The zero-order chi connectivity index (χ0) is 14.0. The molecule has 2 N–H and O–H groups in total. The quantitative estimate of drug-likeness (QED) is 0.816. The van der Waals surface area contributed by atoms with Crippen LogP contribution in [-0.2, 0) is 4.74 Å². The van der Waals surface area contributed by atoms with Crippen LogP contribution >= 0.6 is 0 Å². The van der Waals surface area contributed by atoms with Crippen molar-refractivity contribution in [3.8, 4) is 0 Å².